The first-order valence-corrected chi connectivity index (χ1v) is 6.48. The highest BCUT2D eigenvalue weighted by atomic mass is 16.4. The number of hydrogen-bond donors (Lipinski definition) is 3. The molecule has 5 heteroatoms. The first-order valence-electron chi connectivity index (χ1n) is 6.48. The maximum absolute atomic E-state index is 10.9. The molecule has 1 aromatic rings. The molecule has 5 nitrogen and oxygen atoms in total. The number of nitrogens with two attached hydrogens (primary N) is 1. The molecule has 0 saturated heterocycles. The monoisotopic (exact) mass is 264 g/mol. The van der Waals surface area contributed by atoms with E-state index in [2.05, 4.69) is 0 Å². The molecule has 0 heterocycles. The van der Waals surface area contributed by atoms with E-state index < -0.39 is 11.6 Å². The van der Waals surface area contributed by atoms with Crippen molar-refractivity contribution in [3.8, 4) is 0 Å². The smallest absolute Gasteiger partial charge is 0.337 e. The Kier molecular flexibility index (Phi) is 3.66. The predicted octanol–water partition coefficient (Wildman–Crippen LogP) is 1.71. The van der Waals surface area contributed by atoms with Gasteiger partial charge in [-0.2, -0.15) is 0 Å². The van der Waals surface area contributed by atoms with Crippen LogP contribution in [0.15, 0.2) is 18.2 Å². The van der Waals surface area contributed by atoms with E-state index in [0.717, 1.165) is 31.4 Å². The number of rotatable bonds is 4. The summed E-state index contributed by atoms with van der Waals surface area (Å²) in [6.45, 7) is 0.541. The average Bonchev–Trinajstić information content (AvgIpc) is 2.75. The van der Waals surface area contributed by atoms with Crippen molar-refractivity contribution in [2.45, 2.75) is 31.3 Å². The minimum Gasteiger partial charge on any atom is -0.478 e. The molecule has 0 bridgehead atoms. The van der Waals surface area contributed by atoms with Crippen molar-refractivity contribution in [2.75, 3.05) is 24.2 Å². The number of aromatic carboxylic acids is 1. The van der Waals surface area contributed by atoms with E-state index in [-0.39, 0.29) is 11.3 Å². The van der Waals surface area contributed by atoms with Crippen molar-refractivity contribution in [3.05, 3.63) is 23.8 Å². The lowest BCUT2D eigenvalue weighted by Gasteiger charge is -2.30. The second-order valence-corrected chi connectivity index (χ2v) is 5.36. The fourth-order valence-electron chi connectivity index (χ4n) is 2.71. The van der Waals surface area contributed by atoms with Gasteiger partial charge in [-0.3, -0.25) is 0 Å². The Hall–Kier alpha value is -1.75. The zero-order chi connectivity index (χ0) is 14.0. The van der Waals surface area contributed by atoms with E-state index in [9.17, 15) is 9.90 Å². The Morgan fingerprint density at radius 2 is 2.05 bits per heavy atom. The SMILES string of the molecule is CN(CC1(O)CCCC1)c1ccc(C(=O)O)c(N)c1. The van der Waals surface area contributed by atoms with Crippen molar-refractivity contribution in [3.63, 3.8) is 0 Å². The Morgan fingerprint density at radius 1 is 1.42 bits per heavy atom. The van der Waals surface area contributed by atoms with Crippen molar-refractivity contribution in [2.24, 2.45) is 0 Å². The molecule has 1 fully saturated rings. The summed E-state index contributed by atoms with van der Waals surface area (Å²) in [5, 5.41) is 19.3. The van der Waals surface area contributed by atoms with E-state index in [1.165, 1.54) is 6.07 Å². The molecule has 0 aromatic heterocycles. The first-order chi connectivity index (χ1) is 8.91. The standard InChI is InChI=1S/C14H20N2O3/c1-16(9-14(19)6-2-3-7-14)10-4-5-11(13(17)18)12(15)8-10/h4-5,8,19H,2-3,6-7,9,15H2,1H3,(H,17,18). The fraction of sp³-hybridized carbons (Fsp3) is 0.500. The van der Waals surface area contributed by atoms with Crippen LogP contribution in [0.3, 0.4) is 0 Å². The Bertz CT molecular complexity index is 482. The van der Waals surface area contributed by atoms with Crippen molar-refractivity contribution in [1.29, 1.82) is 0 Å². The summed E-state index contributed by atoms with van der Waals surface area (Å²) in [5.74, 6) is -1.03. The summed E-state index contributed by atoms with van der Waals surface area (Å²) >= 11 is 0. The number of carboxylic acids is 1. The molecule has 0 spiro atoms. The van der Waals surface area contributed by atoms with Gasteiger partial charge in [-0.05, 0) is 31.0 Å². The lowest BCUT2D eigenvalue weighted by Crippen LogP contribution is -2.39. The number of nitrogen functional groups attached to an aromatic ring is 1. The molecule has 0 atom stereocenters. The maximum atomic E-state index is 10.9. The minimum atomic E-state index is -1.03. The Balaban J connectivity index is 2.13. The van der Waals surface area contributed by atoms with Gasteiger partial charge in [0.25, 0.3) is 0 Å². The third-order valence-corrected chi connectivity index (χ3v) is 3.77. The van der Waals surface area contributed by atoms with Crippen LogP contribution in [0, 0.1) is 0 Å². The molecule has 2 rings (SSSR count). The number of likely N-dealkylation sites (N-methyl/N-ethyl adjacent to an activating group) is 1. The minimum absolute atomic E-state index is 0.108. The van der Waals surface area contributed by atoms with Gasteiger partial charge in [0, 0.05) is 25.0 Å². The van der Waals surface area contributed by atoms with Gasteiger partial charge in [-0.1, -0.05) is 12.8 Å². The van der Waals surface area contributed by atoms with Crippen LogP contribution in [-0.2, 0) is 0 Å². The molecular formula is C14H20N2O3. The number of hydrogen-bond acceptors (Lipinski definition) is 4. The van der Waals surface area contributed by atoms with Crippen molar-refractivity contribution in [1.82, 2.24) is 0 Å². The molecule has 19 heavy (non-hydrogen) atoms. The van der Waals surface area contributed by atoms with Gasteiger partial charge in [-0.25, -0.2) is 4.79 Å². The highest BCUT2D eigenvalue weighted by Crippen LogP contribution is 2.31. The highest BCUT2D eigenvalue weighted by molar-refractivity contribution is 5.94. The Morgan fingerprint density at radius 3 is 2.58 bits per heavy atom. The van der Waals surface area contributed by atoms with Crippen LogP contribution in [-0.4, -0.2) is 35.4 Å². The van der Waals surface area contributed by atoms with E-state index in [4.69, 9.17) is 10.8 Å². The van der Waals surface area contributed by atoms with Crippen LogP contribution in [0.5, 0.6) is 0 Å². The second kappa shape index (κ2) is 5.09. The number of carboxylic acid groups (broad SMARTS) is 1. The van der Waals surface area contributed by atoms with Crippen molar-refractivity contribution >= 4 is 17.3 Å². The predicted molar refractivity (Wildman–Crippen MR) is 74.5 cm³/mol. The fourth-order valence-corrected chi connectivity index (χ4v) is 2.71. The van der Waals surface area contributed by atoms with E-state index in [0.29, 0.717) is 6.54 Å². The molecule has 1 saturated carbocycles. The van der Waals surface area contributed by atoms with Crippen LogP contribution >= 0.6 is 0 Å². The molecule has 0 amide bonds. The van der Waals surface area contributed by atoms with Gasteiger partial charge in [0.15, 0.2) is 0 Å². The molecule has 1 aliphatic carbocycles. The van der Waals surface area contributed by atoms with E-state index >= 15 is 0 Å². The van der Waals surface area contributed by atoms with Gasteiger partial charge in [0.05, 0.1) is 11.2 Å². The number of anilines is 2. The van der Waals surface area contributed by atoms with E-state index in [1.807, 2.05) is 11.9 Å². The molecule has 0 aliphatic heterocycles. The van der Waals surface area contributed by atoms with Gasteiger partial charge >= 0.3 is 5.97 Å². The average molecular weight is 264 g/mol. The summed E-state index contributed by atoms with van der Waals surface area (Å²) in [5.41, 5.74) is 6.28. The topological polar surface area (TPSA) is 86.8 Å². The van der Waals surface area contributed by atoms with Crippen LogP contribution in [0.2, 0.25) is 0 Å². The maximum Gasteiger partial charge on any atom is 0.337 e. The summed E-state index contributed by atoms with van der Waals surface area (Å²) in [6.07, 6.45) is 3.76. The molecule has 0 unspecified atom stereocenters. The Labute approximate surface area is 112 Å². The zero-order valence-electron chi connectivity index (χ0n) is 11.1. The number of nitrogens with zero attached hydrogens (tertiary/aromatic N) is 1. The molecule has 1 aliphatic rings. The molecule has 104 valence electrons. The van der Waals surface area contributed by atoms with Crippen LogP contribution < -0.4 is 10.6 Å². The lowest BCUT2D eigenvalue weighted by molar-refractivity contribution is 0.0559. The molecule has 1 aromatic carbocycles. The van der Waals surface area contributed by atoms with Gasteiger partial charge < -0.3 is 20.8 Å². The lowest BCUT2D eigenvalue weighted by atomic mass is 10.0. The van der Waals surface area contributed by atoms with Crippen LogP contribution in [0.4, 0.5) is 11.4 Å². The molecule has 0 radical (unpaired) electrons. The second-order valence-electron chi connectivity index (χ2n) is 5.36. The van der Waals surface area contributed by atoms with E-state index in [1.54, 1.807) is 12.1 Å². The molecule has 4 N–H and O–H groups in total. The summed E-state index contributed by atoms with van der Waals surface area (Å²) in [4.78, 5) is 12.8. The number of benzene rings is 1. The normalized spacial score (nSPS) is 17.4. The van der Waals surface area contributed by atoms with Crippen LogP contribution in [0.1, 0.15) is 36.0 Å². The van der Waals surface area contributed by atoms with Gasteiger partial charge in [0.1, 0.15) is 0 Å². The van der Waals surface area contributed by atoms with Gasteiger partial charge in [-0.15, -0.1) is 0 Å². The largest absolute Gasteiger partial charge is 0.478 e. The van der Waals surface area contributed by atoms with Gasteiger partial charge in [0.2, 0.25) is 0 Å². The summed E-state index contributed by atoms with van der Waals surface area (Å²) in [6, 6.07) is 4.86. The number of aliphatic hydroxyl groups is 1. The first kappa shape index (κ1) is 13.7. The highest BCUT2D eigenvalue weighted by Gasteiger charge is 2.32. The zero-order valence-corrected chi connectivity index (χ0v) is 11.1. The van der Waals surface area contributed by atoms with Crippen molar-refractivity contribution < 1.29 is 15.0 Å². The summed E-state index contributed by atoms with van der Waals surface area (Å²) < 4.78 is 0. The number of carbonyl (C=O) groups is 1. The van der Waals surface area contributed by atoms with Crippen LogP contribution in [0.25, 0.3) is 0 Å². The summed E-state index contributed by atoms with van der Waals surface area (Å²) in [7, 11) is 1.88. The molecular weight excluding hydrogens is 244 g/mol. The third kappa shape index (κ3) is 2.98. The quantitative estimate of drug-likeness (QED) is 0.721. The third-order valence-electron chi connectivity index (χ3n) is 3.77.